The van der Waals surface area contributed by atoms with Crippen molar-refractivity contribution in [2.45, 2.75) is 20.4 Å². The Morgan fingerprint density at radius 1 is 1.36 bits per heavy atom. The topological polar surface area (TPSA) is 43.3 Å². The molecule has 3 rings (SSSR count). The molecule has 0 fully saturated rings. The van der Waals surface area contributed by atoms with Crippen molar-refractivity contribution in [1.82, 2.24) is 9.88 Å². The zero-order chi connectivity index (χ0) is 18.0. The van der Waals surface area contributed by atoms with Crippen LogP contribution in [0.2, 0.25) is 0 Å². The second kappa shape index (κ2) is 7.62. The van der Waals surface area contributed by atoms with Gasteiger partial charge in [0.2, 0.25) is 0 Å². The van der Waals surface area contributed by atoms with E-state index in [0.29, 0.717) is 24.7 Å². The predicted octanol–water partition coefficient (Wildman–Crippen LogP) is 4.91. The molecule has 0 unspecified atom stereocenters. The van der Waals surface area contributed by atoms with Crippen LogP contribution in [-0.2, 0) is 6.54 Å². The average molecular weight is 421 g/mol. The van der Waals surface area contributed by atoms with Gasteiger partial charge in [-0.2, -0.15) is 0 Å². The lowest BCUT2D eigenvalue weighted by atomic mass is 10.2. The minimum atomic E-state index is -0.0427. The molecule has 1 aromatic carbocycles. The zero-order valence-corrected chi connectivity index (χ0v) is 16.9. The molecule has 25 heavy (non-hydrogen) atoms. The van der Waals surface area contributed by atoms with Gasteiger partial charge in [-0.3, -0.25) is 4.79 Å². The summed E-state index contributed by atoms with van der Waals surface area (Å²) in [6.45, 7) is 5.41. The molecule has 0 saturated carbocycles. The van der Waals surface area contributed by atoms with Gasteiger partial charge in [0.15, 0.2) is 0 Å². The van der Waals surface area contributed by atoms with Crippen molar-refractivity contribution in [2.24, 2.45) is 5.92 Å². The molecule has 0 atom stereocenters. The first-order chi connectivity index (χ1) is 12.0. The van der Waals surface area contributed by atoms with Crippen LogP contribution in [0.5, 0.6) is 5.75 Å². The van der Waals surface area contributed by atoms with Crippen LogP contribution >= 0.6 is 27.3 Å². The molecule has 0 spiro atoms. The van der Waals surface area contributed by atoms with Gasteiger partial charge in [-0.1, -0.05) is 32.0 Å². The molecule has 6 heteroatoms. The number of hydrogen-bond donors (Lipinski definition) is 1. The number of nitrogens with one attached hydrogen (secondary N) is 1. The summed E-state index contributed by atoms with van der Waals surface area (Å²) in [7, 11) is 1.67. The highest BCUT2D eigenvalue weighted by Gasteiger charge is 2.19. The third kappa shape index (κ3) is 3.75. The fourth-order valence-electron chi connectivity index (χ4n) is 2.78. The van der Waals surface area contributed by atoms with E-state index in [4.69, 9.17) is 4.74 Å². The van der Waals surface area contributed by atoms with Gasteiger partial charge in [0.1, 0.15) is 11.4 Å². The summed E-state index contributed by atoms with van der Waals surface area (Å²) in [6.07, 6.45) is 0. The molecule has 0 radical (unpaired) electrons. The number of para-hydroxylation sites is 1. The van der Waals surface area contributed by atoms with Gasteiger partial charge in [0.25, 0.3) is 5.91 Å². The molecule has 2 heterocycles. The Labute approximate surface area is 159 Å². The Kier molecular flexibility index (Phi) is 5.49. The maximum absolute atomic E-state index is 12.7. The summed E-state index contributed by atoms with van der Waals surface area (Å²) in [6, 6.07) is 9.87. The fraction of sp³-hybridized carbons (Fsp3) is 0.316. The number of hydrogen-bond acceptors (Lipinski definition) is 3. The molecule has 0 bridgehead atoms. The highest BCUT2D eigenvalue weighted by atomic mass is 79.9. The van der Waals surface area contributed by atoms with Gasteiger partial charge in [-0.15, -0.1) is 11.3 Å². The van der Waals surface area contributed by atoms with E-state index < -0.39 is 0 Å². The van der Waals surface area contributed by atoms with Crippen LogP contribution in [0, 0.1) is 5.92 Å². The van der Waals surface area contributed by atoms with Gasteiger partial charge in [-0.25, -0.2) is 0 Å². The van der Waals surface area contributed by atoms with Crippen LogP contribution in [0.15, 0.2) is 40.2 Å². The smallest absolute Gasteiger partial charge is 0.267 e. The van der Waals surface area contributed by atoms with Crippen LogP contribution in [-0.4, -0.2) is 24.1 Å². The second-order valence-corrected chi connectivity index (χ2v) is 8.09. The van der Waals surface area contributed by atoms with Crippen molar-refractivity contribution in [1.29, 1.82) is 0 Å². The van der Waals surface area contributed by atoms with Gasteiger partial charge in [-0.05, 0) is 34.0 Å². The van der Waals surface area contributed by atoms with Gasteiger partial charge < -0.3 is 14.6 Å². The van der Waals surface area contributed by atoms with E-state index in [2.05, 4.69) is 45.0 Å². The molecular weight excluding hydrogens is 400 g/mol. The Hall–Kier alpha value is -1.79. The number of rotatable bonds is 6. The molecule has 0 aliphatic carbocycles. The second-order valence-electron chi connectivity index (χ2n) is 6.33. The lowest BCUT2D eigenvalue weighted by molar-refractivity contribution is 0.0940. The maximum atomic E-state index is 12.7. The van der Waals surface area contributed by atoms with E-state index in [0.717, 1.165) is 26.0 Å². The number of aromatic nitrogens is 1. The minimum Gasteiger partial charge on any atom is -0.496 e. The van der Waals surface area contributed by atoms with Gasteiger partial charge in [0, 0.05) is 17.5 Å². The quantitative estimate of drug-likeness (QED) is 0.615. The van der Waals surface area contributed by atoms with Crippen LogP contribution in [0.4, 0.5) is 0 Å². The Balaban J connectivity index is 2.03. The van der Waals surface area contributed by atoms with Crippen molar-refractivity contribution in [3.63, 3.8) is 0 Å². The van der Waals surface area contributed by atoms with E-state index in [1.165, 1.54) is 0 Å². The number of fused-ring (bicyclic) bond motifs is 1. The SMILES string of the molecule is COc1ccccc1Cn1c(C(=O)NCC(C)C)cc2scc(Br)c21. The normalized spacial score (nSPS) is 11.2. The molecule has 132 valence electrons. The summed E-state index contributed by atoms with van der Waals surface area (Å²) < 4.78 is 9.63. The third-order valence-electron chi connectivity index (χ3n) is 4.00. The highest BCUT2D eigenvalue weighted by Crippen LogP contribution is 2.34. The number of carbonyl (C=O) groups excluding carboxylic acids is 1. The first-order valence-electron chi connectivity index (χ1n) is 8.17. The molecule has 2 aromatic heterocycles. The fourth-order valence-corrected chi connectivity index (χ4v) is 4.47. The highest BCUT2D eigenvalue weighted by molar-refractivity contribution is 9.10. The molecule has 4 nitrogen and oxygen atoms in total. The monoisotopic (exact) mass is 420 g/mol. The van der Waals surface area contributed by atoms with Crippen LogP contribution < -0.4 is 10.1 Å². The molecule has 1 amide bonds. The largest absolute Gasteiger partial charge is 0.496 e. The van der Waals surface area contributed by atoms with Gasteiger partial charge >= 0.3 is 0 Å². The number of methoxy groups -OCH3 is 1. The van der Waals surface area contributed by atoms with E-state index in [1.807, 2.05) is 30.3 Å². The average Bonchev–Trinajstić information content (AvgIpc) is 3.14. The molecule has 1 N–H and O–H groups in total. The van der Waals surface area contributed by atoms with Crippen molar-refractivity contribution < 1.29 is 9.53 Å². The van der Waals surface area contributed by atoms with E-state index >= 15 is 0 Å². The first-order valence-corrected chi connectivity index (χ1v) is 9.84. The Morgan fingerprint density at radius 3 is 2.84 bits per heavy atom. The lowest BCUT2D eigenvalue weighted by Crippen LogP contribution is -2.29. The summed E-state index contributed by atoms with van der Waals surface area (Å²) in [4.78, 5) is 12.7. The van der Waals surface area contributed by atoms with Crippen molar-refractivity contribution >= 4 is 43.4 Å². The third-order valence-corrected chi connectivity index (χ3v) is 5.83. The number of amides is 1. The summed E-state index contributed by atoms with van der Waals surface area (Å²) >= 11 is 5.25. The molecule has 3 aromatic rings. The van der Waals surface area contributed by atoms with Crippen LogP contribution in [0.3, 0.4) is 0 Å². The first kappa shape index (κ1) is 18.0. The van der Waals surface area contributed by atoms with Crippen molar-refractivity contribution in [2.75, 3.05) is 13.7 Å². The van der Waals surface area contributed by atoms with Crippen molar-refractivity contribution in [3.8, 4) is 5.75 Å². The van der Waals surface area contributed by atoms with Crippen molar-refractivity contribution in [3.05, 3.63) is 51.4 Å². The molecule has 0 aliphatic heterocycles. The summed E-state index contributed by atoms with van der Waals surface area (Å²) in [5, 5.41) is 5.08. The number of carbonyl (C=O) groups is 1. The standard InChI is InChI=1S/C19H21BrN2O2S/c1-12(2)9-21-19(23)15-8-17-18(14(20)11-25-17)22(15)10-13-6-4-5-7-16(13)24-3/h4-8,11-12H,9-10H2,1-3H3,(H,21,23). The summed E-state index contributed by atoms with van der Waals surface area (Å²) in [5.74, 6) is 1.19. The van der Waals surface area contributed by atoms with E-state index in [-0.39, 0.29) is 5.91 Å². The zero-order valence-electron chi connectivity index (χ0n) is 14.5. The summed E-state index contributed by atoms with van der Waals surface area (Å²) in [5.41, 5.74) is 2.76. The number of halogens is 1. The Morgan fingerprint density at radius 2 is 2.12 bits per heavy atom. The number of ether oxygens (including phenoxy) is 1. The maximum Gasteiger partial charge on any atom is 0.267 e. The van der Waals surface area contributed by atoms with E-state index in [1.54, 1.807) is 18.4 Å². The van der Waals surface area contributed by atoms with Crippen LogP contribution in [0.25, 0.3) is 10.2 Å². The molecule has 0 aliphatic rings. The van der Waals surface area contributed by atoms with E-state index in [9.17, 15) is 4.79 Å². The number of nitrogens with zero attached hydrogens (tertiary/aromatic N) is 1. The lowest BCUT2D eigenvalue weighted by Gasteiger charge is -2.14. The van der Waals surface area contributed by atoms with Gasteiger partial charge in [0.05, 0.1) is 28.3 Å². The molecular formula is C19H21BrN2O2S. The Bertz CT molecular complexity index is 898. The minimum absolute atomic E-state index is 0.0427. The molecule has 0 saturated heterocycles. The number of thiophene rings is 1. The number of benzene rings is 1. The predicted molar refractivity (Wildman–Crippen MR) is 107 cm³/mol. The van der Waals surface area contributed by atoms with Crippen LogP contribution in [0.1, 0.15) is 29.9 Å².